The second kappa shape index (κ2) is 8.77. The largest absolute Gasteiger partial charge is 0.377 e. The van der Waals surface area contributed by atoms with E-state index < -0.39 is 23.8 Å². The fourth-order valence-corrected chi connectivity index (χ4v) is 4.07. The summed E-state index contributed by atoms with van der Waals surface area (Å²) in [6.07, 6.45) is -1.60. The number of carbonyl (C=O) groups is 1. The highest BCUT2D eigenvalue weighted by Gasteiger charge is 2.30. The highest BCUT2D eigenvalue weighted by atomic mass is 19.3. The average molecular weight is 485 g/mol. The molecule has 0 unspecified atom stereocenters. The first-order chi connectivity index (χ1) is 16.8. The summed E-state index contributed by atoms with van der Waals surface area (Å²) in [5.41, 5.74) is 0.420. The summed E-state index contributed by atoms with van der Waals surface area (Å²) in [6.45, 7) is 4.23. The van der Waals surface area contributed by atoms with Gasteiger partial charge in [0.05, 0.1) is 41.8 Å². The summed E-state index contributed by atoms with van der Waals surface area (Å²) in [7, 11) is 1.69. The second-order valence-electron chi connectivity index (χ2n) is 8.43. The third kappa shape index (κ3) is 3.93. The molecule has 0 radical (unpaired) electrons. The zero-order chi connectivity index (χ0) is 24.9. The lowest BCUT2D eigenvalue weighted by Gasteiger charge is -2.34. The Bertz CT molecular complexity index is 1440. The van der Waals surface area contributed by atoms with E-state index in [1.165, 1.54) is 23.0 Å². The average Bonchev–Trinajstić information content (AvgIpc) is 3.27. The van der Waals surface area contributed by atoms with Crippen LogP contribution >= 0.6 is 0 Å². The standard InChI is InChI=1S/C23H22F3N7O2/c1-11(14-5-4-6-15(18(14)24)19(25)26)29-20-16-7-17(23(34)32(3)13-8-35-9-13)21-27-10-28-33(21)22(16)31-12(2)30-20/h4-7,10-11,13,19H,8-9H2,1-3H3,(H,29,30,31)/t11-/m1/s1. The fraction of sp³-hybridized carbons (Fsp3) is 0.348. The maximum atomic E-state index is 14.8. The predicted octanol–water partition coefficient (Wildman–Crippen LogP) is 3.70. The minimum atomic E-state index is -2.93. The number of hydrogen-bond donors (Lipinski definition) is 1. The third-order valence-electron chi connectivity index (χ3n) is 6.15. The molecule has 1 aliphatic rings. The Morgan fingerprint density at radius 3 is 2.66 bits per heavy atom. The quantitative estimate of drug-likeness (QED) is 0.445. The molecule has 5 rings (SSSR count). The summed E-state index contributed by atoms with van der Waals surface area (Å²) in [5, 5.41) is 7.80. The SMILES string of the molecule is Cc1nc(N[C@H](C)c2cccc(C(F)F)c2F)c2cc(C(=O)N(C)C3COC3)c3ncnn3c2n1. The van der Waals surface area contributed by atoms with Gasteiger partial charge in [0.25, 0.3) is 12.3 Å². The summed E-state index contributed by atoms with van der Waals surface area (Å²) in [4.78, 5) is 28.1. The van der Waals surface area contributed by atoms with Crippen LogP contribution in [0.3, 0.4) is 0 Å². The Morgan fingerprint density at radius 2 is 1.97 bits per heavy atom. The Labute approximate surface area is 197 Å². The molecule has 35 heavy (non-hydrogen) atoms. The van der Waals surface area contributed by atoms with Crippen molar-refractivity contribution in [1.82, 2.24) is 29.5 Å². The van der Waals surface area contributed by atoms with Crippen molar-refractivity contribution in [2.75, 3.05) is 25.6 Å². The molecule has 1 aliphatic heterocycles. The first kappa shape index (κ1) is 23.0. The van der Waals surface area contributed by atoms with E-state index in [1.807, 2.05) is 0 Å². The maximum absolute atomic E-state index is 14.8. The van der Waals surface area contributed by atoms with Gasteiger partial charge >= 0.3 is 0 Å². The number of pyridine rings is 1. The van der Waals surface area contributed by atoms with Crippen molar-refractivity contribution in [3.05, 3.63) is 58.9 Å². The number of rotatable bonds is 6. The van der Waals surface area contributed by atoms with Gasteiger partial charge in [-0.05, 0) is 19.9 Å². The minimum Gasteiger partial charge on any atom is -0.377 e. The topological polar surface area (TPSA) is 97.5 Å². The van der Waals surface area contributed by atoms with Gasteiger partial charge < -0.3 is 15.0 Å². The van der Waals surface area contributed by atoms with Gasteiger partial charge in [0, 0.05) is 12.6 Å². The number of halogens is 3. The zero-order valence-corrected chi connectivity index (χ0v) is 19.2. The van der Waals surface area contributed by atoms with Gasteiger partial charge in [-0.2, -0.15) is 9.61 Å². The molecule has 12 heteroatoms. The van der Waals surface area contributed by atoms with Crippen molar-refractivity contribution < 1.29 is 22.7 Å². The smallest absolute Gasteiger partial charge is 0.266 e. The Balaban J connectivity index is 1.61. The van der Waals surface area contributed by atoms with Crippen LogP contribution in [0.1, 0.15) is 46.7 Å². The van der Waals surface area contributed by atoms with Crippen LogP contribution in [0.5, 0.6) is 0 Å². The molecular weight excluding hydrogens is 463 g/mol. The first-order valence-corrected chi connectivity index (χ1v) is 10.9. The monoisotopic (exact) mass is 485 g/mol. The van der Waals surface area contributed by atoms with Gasteiger partial charge in [0.2, 0.25) is 0 Å². The van der Waals surface area contributed by atoms with Gasteiger partial charge in [-0.15, -0.1) is 0 Å². The molecule has 1 N–H and O–H groups in total. The van der Waals surface area contributed by atoms with E-state index in [0.29, 0.717) is 47.1 Å². The molecule has 1 fully saturated rings. The molecule has 0 aliphatic carbocycles. The lowest BCUT2D eigenvalue weighted by atomic mass is 10.0. The molecule has 4 aromatic rings. The number of carbonyl (C=O) groups excluding carboxylic acids is 1. The Hall–Kier alpha value is -3.80. The third-order valence-corrected chi connectivity index (χ3v) is 6.15. The van der Waals surface area contributed by atoms with Crippen molar-refractivity contribution in [2.24, 2.45) is 0 Å². The van der Waals surface area contributed by atoms with Crippen LogP contribution in [0.15, 0.2) is 30.6 Å². The van der Waals surface area contributed by atoms with E-state index in [2.05, 4.69) is 25.4 Å². The fourth-order valence-electron chi connectivity index (χ4n) is 4.07. The molecule has 1 amide bonds. The number of alkyl halides is 2. The molecule has 182 valence electrons. The van der Waals surface area contributed by atoms with Crippen LogP contribution in [0.4, 0.5) is 19.0 Å². The normalized spacial score (nSPS) is 14.9. The lowest BCUT2D eigenvalue weighted by molar-refractivity contribution is -0.0467. The second-order valence-corrected chi connectivity index (χ2v) is 8.43. The van der Waals surface area contributed by atoms with E-state index in [0.717, 1.165) is 6.07 Å². The van der Waals surface area contributed by atoms with Crippen molar-refractivity contribution in [3.63, 3.8) is 0 Å². The molecule has 0 spiro atoms. The molecular formula is C23H22F3N7O2. The highest BCUT2D eigenvalue weighted by Crippen LogP contribution is 2.31. The number of nitrogens with zero attached hydrogens (tertiary/aromatic N) is 6. The zero-order valence-electron chi connectivity index (χ0n) is 19.2. The minimum absolute atomic E-state index is 0.0434. The number of aryl methyl sites for hydroxylation is 1. The van der Waals surface area contributed by atoms with E-state index in [1.54, 1.807) is 31.9 Å². The number of nitrogens with one attached hydrogen (secondary N) is 1. The van der Waals surface area contributed by atoms with Gasteiger partial charge in [-0.3, -0.25) is 4.79 Å². The Morgan fingerprint density at radius 1 is 1.23 bits per heavy atom. The van der Waals surface area contributed by atoms with Crippen molar-refractivity contribution >= 4 is 28.4 Å². The number of benzene rings is 1. The van der Waals surface area contributed by atoms with Gasteiger partial charge in [-0.1, -0.05) is 18.2 Å². The number of amides is 1. The van der Waals surface area contributed by atoms with E-state index in [-0.39, 0.29) is 17.5 Å². The molecule has 3 aromatic heterocycles. The van der Waals surface area contributed by atoms with E-state index in [4.69, 9.17) is 4.74 Å². The highest BCUT2D eigenvalue weighted by molar-refractivity contribution is 6.04. The van der Waals surface area contributed by atoms with Gasteiger partial charge in [-0.25, -0.2) is 28.1 Å². The molecule has 4 heterocycles. The molecule has 1 atom stereocenters. The van der Waals surface area contributed by atoms with Crippen molar-refractivity contribution in [3.8, 4) is 0 Å². The van der Waals surface area contributed by atoms with Crippen LogP contribution < -0.4 is 5.32 Å². The number of likely N-dealkylation sites (N-methyl/N-ethyl adjacent to an activating group) is 1. The summed E-state index contributed by atoms with van der Waals surface area (Å²) in [6, 6.07) is 4.75. The number of aromatic nitrogens is 5. The lowest BCUT2D eigenvalue weighted by Crippen LogP contribution is -2.49. The Kier molecular flexibility index (Phi) is 5.75. The maximum Gasteiger partial charge on any atom is 0.266 e. The molecule has 1 aromatic carbocycles. The summed E-state index contributed by atoms with van der Waals surface area (Å²) in [5.74, 6) is -0.540. The van der Waals surface area contributed by atoms with Crippen LogP contribution in [0.2, 0.25) is 0 Å². The number of anilines is 1. The number of hydrogen-bond acceptors (Lipinski definition) is 7. The molecule has 9 nitrogen and oxygen atoms in total. The van der Waals surface area contributed by atoms with E-state index in [9.17, 15) is 18.0 Å². The van der Waals surface area contributed by atoms with Crippen molar-refractivity contribution in [1.29, 1.82) is 0 Å². The number of fused-ring (bicyclic) bond motifs is 3. The summed E-state index contributed by atoms with van der Waals surface area (Å²) < 4.78 is 47.8. The predicted molar refractivity (Wildman–Crippen MR) is 121 cm³/mol. The van der Waals surface area contributed by atoms with Crippen LogP contribution in [0, 0.1) is 12.7 Å². The van der Waals surface area contributed by atoms with Crippen molar-refractivity contribution in [2.45, 2.75) is 32.4 Å². The van der Waals surface area contributed by atoms with Gasteiger partial charge in [0.15, 0.2) is 11.3 Å². The molecule has 0 bridgehead atoms. The molecule has 1 saturated heterocycles. The van der Waals surface area contributed by atoms with E-state index >= 15 is 0 Å². The van der Waals surface area contributed by atoms with Crippen LogP contribution in [-0.2, 0) is 4.74 Å². The number of ether oxygens (including phenoxy) is 1. The van der Waals surface area contributed by atoms with Crippen LogP contribution in [-0.4, -0.2) is 61.7 Å². The first-order valence-electron chi connectivity index (χ1n) is 10.9. The van der Waals surface area contributed by atoms with Gasteiger partial charge in [0.1, 0.15) is 23.8 Å². The summed E-state index contributed by atoms with van der Waals surface area (Å²) >= 11 is 0. The van der Waals surface area contributed by atoms with Crippen LogP contribution in [0.25, 0.3) is 16.7 Å². The molecule has 0 saturated carbocycles.